The first-order valence-corrected chi connectivity index (χ1v) is 14.9. The molecule has 3 unspecified atom stereocenters. The number of aliphatic hydroxyl groups excluding tert-OH is 1. The highest BCUT2D eigenvalue weighted by molar-refractivity contribution is 5.94. The van der Waals surface area contributed by atoms with E-state index in [2.05, 4.69) is 19.2 Å². The highest BCUT2D eigenvalue weighted by Gasteiger charge is 2.52. The molecule has 0 bridgehead atoms. The number of rotatable bonds is 15. The van der Waals surface area contributed by atoms with Crippen molar-refractivity contribution in [1.29, 1.82) is 0 Å². The fourth-order valence-electron chi connectivity index (χ4n) is 5.14. The van der Waals surface area contributed by atoms with Crippen molar-refractivity contribution in [3.8, 4) is 0 Å². The minimum atomic E-state index is -0.782. The van der Waals surface area contributed by atoms with Crippen LogP contribution in [0.15, 0.2) is 42.0 Å². The summed E-state index contributed by atoms with van der Waals surface area (Å²) in [6.45, 7) is 4.27. The molecule has 0 radical (unpaired) electrons. The first-order valence-electron chi connectivity index (χ1n) is 14.9. The van der Waals surface area contributed by atoms with Crippen molar-refractivity contribution in [2.24, 2.45) is 0 Å². The predicted molar refractivity (Wildman–Crippen MR) is 157 cm³/mol. The van der Waals surface area contributed by atoms with Gasteiger partial charge in [0.1, 0.15) is 18.3 Å². The van der Waals surface area contributed by atoms with Crippen LogP contribution in [0, 0.1) is 0 Å². The van der Waals surface area contributed by atoms with Crippen LogP contribution in [0.2, 0.25) is 0 Å². The van der Waals surface area contributed by atoms with E-state index in [9.17, 15) is 14.4 Å². The summed E-state index contributed by atoms with van der Waals surface area (Å²) in [6, 6.07) is 6.79. The maximum atomic E-state index is 13.2. The van der Waals surface area contributed by atoms with Crippen LogP contribution in [0.1, 0.15) is 87.6 Å². The van der Waals surface area contributed by atoms with E-state index in [1.54, 1.807) is 50.5 Å². The van der Waals surface area contributed by atoms with Gasteiger partial charge in [-0.15, -0.1) is 0 Å². The molecule has 3 atom stereocenters. The zero-order valence-electron chi connectivity index (χ0n) is 24.9. The number of carbonyl (C=O) groups excluding carboxylic acids is 3. The molecule has 41 heavy (non-hydrogen) atoms. The number of hydrogen-bond donors (Lipinski definition) is 2. The van der Waals surface area contributed by atoms with Crippen molar-refractivity contribution in [3.63, 3.8) is 0 Å². The fourth-order valence-corrected chi connectivity index (χ4v) is 5.14. The number of nitrogens with one attached hydrogen (secondary N) is 1. The monoisotopic (exact) mass is 570 g/mol. The summed E-state index contributed by atoms with van der Waals surface area (Å²) in [7, 11) is 3.36. The number of amides is 2. The topological polar surface area (TPSA) is 114 Å². The van der Waals surface area contributed by atoms with Gasteiger partial charge in [0.05, 0.1) is 12.2 Å². The van der Waals surface area contributed by atoms with E-state index in [0.717, 1.165) is 56.9 Å². The third-order valence-corrected chi connectivity index (χ3v) is 7.45. The molecule has 1 saturated heterocycles. The van der Waals surface area contributed by atoms with E-state index < -0.39 is 30.1 Å². The van der Waals surface area contributed by atoms with Gasteiger partial charge in [0.25, 0.3) is 0 Å². The Hall–Kier alpha value is -3.01. The number of hydrogen-bond acceptors (Lipinski definition) is 7. The van der Waals surface area contributed by atoms with Crippen LogP contribution in [0.5, 0.6) is 0 Å². The SMILES string of the molecule is CCCCCC1(CCCCC)OC2C=C(C(=O)NCCO)CC(OC(=O)c3ccc(C=CC(=O)N(C)C)cc3)C2O1. The molecule has 0 aromatic heterocycles. The Morgan fingerprint density at radius 3 is 2.29 bits per heavy atom. The van der Waals surface area contributed by atoms with Crippen LogP contribution in [0.4, 0.5) is 0 Å². The summed E-state index contributed by atoms with van der Waals surface area (Å²) in [4.78, 5) is 39.4. The third kappa shape index (κ3) is 9.24. The molecule has 226 valence electrons. The van der Waals surface area contributed by atoms with Crippen LogP contribution in [-0.4, -0.2) is 79.1 Å². The summed E-state index contributed by atoms with van der Waals surface area (Å²) in [5.74, 6) is -1.76. The largest absolute Gasteiger partial charge is 0.456 e. The maximum Gasteiger partial charge on any atom is 0.338 e. The van der Waals surface area contributed by atoms with Gasteiger partial charge in [-0.25, -0.2) is 4.79 Å². The molecule has 0 saturated carbocycles. The van der Waals surface area contributed by atoms with Crippen LogP contribution in [-0.2, 0) is 23.8 Å². The number of nitrogens with zero attached hydrogens (tertiary/aromatic N) is 1. The Morgan fingerprint density at radius 1 is 1.05 bits per heavy atom. The zero-order valence-corrected chi connectivity index (χ0v) is 24.9. The van der Waals surface area contributed by atoms with E-state index >= 15 is 0 Å². The van der Waals surface area contributed by atoms with Gasteiger partial charge < -0.3 is 29.5 Å². The quantitative estimate of drug-likeness (QED) is 0.183. The summed E-state index contributed by atoms with van der Waals surface area (Å²) < 4.78 is 19.2. The minimum Gasteiger partial charge on any atom is -0.456 e. The lowest BCUT2D eigenvalue weighted by Gasteiger charge is -2.31. The van der Waals surface area contributed by atoms with E-state index in [1.807, 2.05) is 0 Å². The lowest BCUT2D eigenvalue weighted by atomic mass is 9.91. The number of esters is 1. The third-order valence-electron chi connectivity index (χ3n) is 7.45. The summed E-state index contributed by atoms with van der Waals surface area (Å²) >= 11 is 0. The molecular weight excluding hydrogens is 524 g/mol. The Bertz CT molecular complexity index is 1070. The second-order valence-corrected chi connectivity index (χ2v) is 11.0. The average Bonchev–Trinajstić information content (AvgIpc) is 3.33. The number of fused-ring (bicyclic) bond motifs is 1. The molecule has 1 aliphatic heterocycles. The van der Waals surface area contributed by atoms with Gasteiger partial charge >= 0.3 is 5.97 Å². The summed E-state index contributed by atoms with van der Waals surface area (Å²) in [6.07, 6.45) is 11.0. The molecule has 2 amide bonds. The Kier molecular flexibility index (Phi) is 12.6. The number of ether oxygens (including phenoxy) is 3. The maximum absolute atomic E-state index is 13.2. The Labute approximate surface area is 243 Å². The second-order valence-electron chi connectivity index (χ2n) is 11.0. The zero-order chi connectivity index (χ0) is 29.8. The molecule has 9 nitrogen and oxygen atoms in total. The van der Waals surface area contributed by atoms with Crippen molar-refractivity contribution < 1.29 is 33.7 Å². The first kappa shape index (κ1) is 32.5. The molecular formula is C32H46N2O7. The Morgan fingerprint density at radius 2 is 1.71 bits per heavy atom. The minimum absolute atomic E-state index is 0.130. The highest BCUT2D eigenvalue weighted by atomic mass is 16.8. The normalized spacial score (nSPS) is 21.3. The standard InChI is InChI=1S/C32H46N2O7/c1-5-7-9-17-32(18-10-8-6-2)40-27-22-25(30(37)33-19-20-35)21-26(29(27)41-32)39-31(38)24-14-11-23(12-15-24)13-16-28(36)34(3)4/h11-16,22,26-27,29,35H,5-10,17-21H2,1-4H3,(H,33,37). The van der Waals surface area contributed by atoms with E-state index in [4.69, 9.17) is 19.3 Å². The lowest BCUT2D eigenvalue weighted by Crippen LogP contribution is -2.43. The smallest absolute Gasteiger partial charge is 0.338 e. The molecule has 2 aliphatic rings. The van der Waals surface area contributed by atoms with Crippen LogP contribution < -0.4 is 5.32 Å². The van der Waals surface area contributed by atoms with Crippen molar-refractivity contribution in [1.82, 2.24) is 10.2 Å². The van der Waals surface area contributed by atoms with Gasteiger partial charge in [0, 0.05) is 51.6 Å². The van der Waals surface area contributed by atoms with Crippen molar-refractivity contribution in [2.45, 2.75) is 95.7 Å². The fraction of sp³-hybridized carbons (Fsp3) is 0.594. The van der Waals surface area contributed by atoms with Crippen molar-refractivity contribution >= 4 is 23.9 Å². The molecule has 1 heterocycles. The molecule has 2 N–H and O–H groups in total. The van der Waals surface area contributed by atoms with E-state index in [1.165, 1.54) is 11.0 Å². The van der Waals surface area contributed by atoms with Crippen molar-refractivity contribution in [2.75, 3.05) is 27.2 Å². The van der Waals surface area contributed by atoms with Gasteiger partial charge in [0.15, 0.2) is 5.79 Å². The number of carbonyl (C=O) groups is 3. The van der Waals surface area contributed by atoms with Crippen LogP contribution >= 0.6 is 0 Å². The molecule has 1 aromatic rings. The van der Waals surface area contributed by atoms with E-state index in [-0.39, 0.29) is 31.4 Å². The second kappa shape index (κ2) is 15.8. The molecule has 1 fully saturated rings. The van der Waals surface area contributed by atoms with Gasteiger partial charge in [0.2, 0.25) is 11.8 Å². The molecule has 3 rings (SSSR count). The Balaban J connectivity index is 1.80. The predicted octanol–water partition coefficient (Wildman–Crippen LogP) is 4.39. The number of benzene rings is 1. The lowest BCUT2D eigenvalue weighted by molar-refractivity contribution is -0.190. The number of unbranched alkanes of at least 4 members (excludes halogenated alkanes) is 4. The molecule has 9 heteroatoms. The van der Waals surface area contributed by atoms with E-state index in [0.29, 0.717) is 11.1 Å². The number of aliphatic hydroxyl groups is 1. The summed E-state index contributed by atoms with van der Waals surface area (Å²) in [5, 5.41) is 11.9. The average molecular weight is 571 g/mol. The van der Waals surface area contributed by atoms with Gasteiger partial charge in [-0.3, -0.25) is 9.59 Å². The van der Waals surface area contributed by atoms with Crippen LogP contribution in [0.25, 0.3) is 6.08 Å². The molecule has 1 aromatic carbocycles. The molecule has 1 aliphatic carbocycles. The summed E-state index contributed by atoms with van der Waals surface area (Å²) in [5.41, 5.74) is 1.58. The first-order chi connectivity index (χ1) is 19.7. The van der Waals surface area contributed by atoms with Crippen LogP contribution in [0.3, 0.4) is 0 Å². The number of likely N-dealkylation sites (N-methyl/N-ethyl adjacent to an activating group) is 1. The highest BCUT2D eigenvalue weighted by Crippen LogP contribution is 2.43. The van der Waals surface area contributed by atoms with Gasteiger partial charge in [-0.2, -0.15) is 0 Å². The molecule has 0 spiro atoms. The van der Waals surface area contributed by atoms with Gasteiger partial charge in [-0.05, 0) is 42.7 Å². The van der Waals surface area contributed by atoms with Gasteiger partial charge in [-0.1, -0.05) is 51.7 Å². The van der Waals surface area contributed by atoms with Crippen molar-refractivity contribution in [3.05, 3.63) is 53.1 Å².